The van der Waals surface area contributed by atoms with E-state index in [-0.39, 0.29) is 37.6 Å². The maximum absolute atomic E-state index is 11.2. The fourth-order valence-electron chi connectivity index (χ4n) is 0.879. The molecule has 0 aromatic carbocycles. The van der Waals surface area contributed by atoms with Crippen molar-refractivity contribution in [3.05, 3.63) is 0 Å². The molecule has 0 spiro atoms. The molecule has 7 nitrogen and oxygen atoms in total. The van der Waals surface area contributed by atoms with Crippen LogP contribution in [0.3, 0.4) is 0 Å². The molecule has 0 aliphatic rings. The van der Waals surface area contributed by atoms with E-state index in [0.29, 0.717) is 6.42 Å². The van der Waals surface area contributed by atoms with Crippen molar-refractivity contribution in [3.8, 4) is 0 Å². The van der Waals surface area contributed by atoms with E-state index in [0.717, 1.165) is 6.42 Å². The Bertz CT molecular complexity index is 356. The number of carboxylic acids is 1. The zero-order valence-electron chi connectivity index (χ0n) is 10.7. The van der Waals surface area contributed by atoms with Crippen LogP contribution in [0.4, 0.5) is 0 Å². The molecule has 0 saturated carbocycles. The summed E-state index contributed by atoms with van der Waals surface area (Å²) in [5.74, 6) is -2.74. The van der Waals surface area contributed by atoms with Gasteiger partial charge < -0.3 is 11.3 Å². The molecule has 0 bridgehead atoms. The van der Waals surface area contributed by atoms with Crippen LogP contribution in [0, 0.1) is 0 Å². The predicted octanol–water partition coefficient (Wildman–Crippen LogP) is -2.82. The summed E-state index contributed by atoms with van der Waals surface area (Å²) >= 11 is 0. The SMILES string of the molecule is CCCCOC(=O)C(CC(=O)O)S(=O)(=O)O.[H-].[Na+]. The van der Waals surface area contributed by atoms with Crippen molar-refractivity contribution < 1.29 is 63.4 Å². The molecular formula is C8H15NaO7S. The van der Waals surface area contributed by atoms with Gasteiger partial charge in [-0.25, -0.2) is 0 Å². The first-order valence-corrected chi connectivity index (χ1v) is 6.14. The number of carboxylic acid groups (broad SMARTS) is 1. The van der Waals surface area contributed by atoms with Gasteiger partial charge in [0.1, 0.15) is 0 Å². The molecule has 0 heterocycles. The maximum Gasteiger partial charge on any atom is 1.00 e. The molecule has 2 N–H and O–H groups in total. The largest absolute Gasteiger partial charge is 1.00 e. The van der Waals surface area contributed by atoms with Crippen molar-refractivity contribution in [3.63, 3.8) is 0 Å². The summed E-state index contributed by atoms with van der Waals surface area (Å²) in [7, 11) is -4.75. The van der Waals surface area contributed by atoms with Gasteiger partial charge in [0.25, 0.3) is 10.1 Å². The number of carbonyl (C=O) groups is 2. The number of hydrogen-bond acceptors (Lipinski definition) is 5. The summed E-state index contributed by atoms with van der Waals surface area (Å²) in [5.41, 5.74) is 0. The first-order chi connectivity index (χ1) is 7.29. The monoisotopic (exact) mass is 278 g/mol. The van der Waals surface area contributed by atoms with Crippen molar-refractivity contribution in [2.75, 3.05) is 6.61 Å². The van der Waals surface area contributed by atoms with E-state index >= 15 is 0 Å². The molecule has 9 heteroatoms. The average Bonchev–Trinajstić information content (AvgIpc) is 2.12. The summed E-state index contributed by atoms with van der Waals surface area (Å²) in [4.78, 5) is 21.5. The minimum absolute atomic E-state index is 0. The van der Waals surface area contributed by atoms with Gasteiger partial charge in [-0.3, -0.25) is 14.1 Å². The second-order valence-electron chi connectivity index (χ2n) is 3.12. The molecular weight excluding hydrogens is 263 g/mol. The quantitative estimate of drug-likeness (QED) is 0.223. The minimum Gasteiger partial charge on any atom is -1.00 e. The number of aliphatic carboxylic acids is 1. The fraction of sp³-hybridized carbons (Fsp3) is 0.750. The van der Waals surface area contributed by atoms with Crippen molar-refractivity contribution >= 4 is 22.1 Å². The van der Waals surface area contributed by atoms with Crippen LogP contribution in [0.15, 0.2) is 0 Å². The third kappa shape index (κ3) is 8.56. The van der Waals surface area contributed by atoms with E-state index in [4.69, 9.17) is 9.66 Å². The van der Waals surface area contributed by atoms with E-state index in [2.05, 4.69) is 4.74 Å². The van der Waals surface area contributed by atoms with E-state index in [1.165, 1.54) is 0 Å². The van der Waals surface area contributed by atoms with Crippen molar-refractivity contribution in [2.24, 2.45) is 0 Å². The third-order valence-electron chi connectivity index (χ3n) is 1.72. The molecule has 1 unspecified atom stereocenters. The second-order valence-corrected chi connectivity index (χ2v) is 4.72. The number of esters is 1. The molecule has 0 aliphatic heterocycles. The van der Waals surface area contributed by atoms with Crippen LogP contribution in [0.25, 0.3) is 0 Å². The molecule has 0 saturated heterocycles. The zero-order chi connectivity index (χ0) is 12.8. The van der Waals surface area contributed by atoms with Crippen molar-refractivity contribution in [2.45, 2.75) is 31.4 Å². The Morgan fingerprint density at radius 2 is 1.94 bits per heavy atom. The standard InChI is InChI=1S/C8H14O7S.Na.H/c1-2-3-4-15-8(11)6(5-7(9)10)16(12,13)14;;/h6H,2-5H2,1H3,(H,9,10)(H,12,13,14);;/q;+1;-1. The average molecular weight is 278 g/mol. The van der Waals surface area contributed by atoms with Crippen LogP contribution in [-0.2, 0) is 24.4 Å². The van der Waals surface area contributed by atoms with Crippen LogP contribution in [-0.4, -0.2) is 41.9 Å². The molecule has 0 aromatic rings. The predicted molar refractivity (Wildman–Crippen MR) is 54.6 cm³/mol. The topological polar surface area (TPSA) is 118 Å². The van der Waals surface area contributed by atoms with Gasteiger partial charge in [0.05, 0.1) is 13.0 Å². The van der Waals surface area contributed by atoms with Gasteiger partial charge in [-0.1, -0.05) is 13.3 Å². The fourth-order valence-corrected chi connectivity index (χ4v) is 1.54. The number of hydrogen-bond donors (Lipinski definition) is 2. The Hall–Kier alpha value is -0.150. The minimum atomic E-state index is -4.75. The maximum atomic E-state index is 11.2. The van der Waals surface area contributed by atoms with Gasteiger partial charge in [0, 0.05) is 0 Å². The van der Waals surface area contributed by atoms with Gasteiger partial charge in [0.2, 0.25) is 0 Å². The molecule has 0 fully saturated rings. The second kappa shape index (κ2) is 8.87. The number of carbonyl (C=O) groups excluding carboxylic acids is 1. The zero-order valence-corrected chi connectivity index (χ0v) is 12.6. The van der Waals surface area contributed by atoms with Gasteiger partial charge in [-0.15, -0.1) is 0 Å². The molecule has 1 atom stereocenters. The Morgan fingerprint density at radius 3 is 2.29 bits per heavy atom. The molecule has 0 aliphatic carbocycles. The third-order valence-corrected chi connectivity index (χ3v) is 2.80. The summed E-state index contributed by atoms with van der Waals surface area (Å²) < 4.78 is 34.7. The van der Waals surface area contributed by atoms with Gasteiger partial charge in [-0.2, -0.15) is 8.42 Å². The Labute approximate surface area is 123 Å². The first kappa shape index (κ1) is 19.2. The summed E-state index contributed by atoms with van der Waals surface area (Å²) in [6.45, 7) is 1.84. The molecule has 96 valence electrons. The van der Waals surface area contributed by atoms with Gasteiger partial charge in [-0.05, 0) is 6.42 Å². The van der Waals surface area contributed by atoms with Gasteiger partial charge >= 0.3 is 41.5 Å². The summed E-state index contributed by atoms with van der Waals surface area (Å²) in [6, 6.07) is 0. The molecule has 0 rings (SSSR count). The van der Waals surface area contributed by atoms with E-state index in [1.807, 2.05) is 6.92 Å². The van der Waals surface area contributed by atoms with Gasteiger partial charge in [0.15, 0.2) is 5.25 Å². The summed E-state index contributed by atoms with van der Waals surface area (Å²) in [5, 5.41) is 6.33. The smallest absolute Gasteiger partial charge is 1.00 e. The van der Waals surface area contributed by atoms with Crippen molar-refractivity contribution in [1.82, 2.24) is 0 Å². The van der Waals surface area contributed by atoms with Crippen LogP contribution in [0.2, 0.25) is 0 Å². The Morgan fingerprint density at radius 1 is 1.41 bits per heavy atom. The first-order valence-electron chi connectivity index (χ1n) is 4.63. The van der Waals surface area contributed by atoms with Crippen LogP contribution < -0.4 is 29.6 Å². The number of unbranched alkanes of at least 4 members (excludes halogenated alkanes) is 1. The van der Waals surface area contributed by atoms with E-state index in [1.54, 1.807) is 0 Å². The molecule has 0 aromatic heterocycles. The molecule has 0 amide bonds. The number of ether oxygens (including phenoxy) is 1. The Balaban J connectivity index is -0.00000112. The number of rotatable bonds is 7. The normalized spacial score (nSPS) is 12.4. The van der Waals surface area contributed by atoms with Crippen LogP contribution >= 0.6 is 0 Å². The Kier molecular flexibility index (Phi) is 10.0. The molecule has 0 radical (unpaired) electrons. The molecule has 17 heavy (non-hydrogen) atoms. The van der Waals surface area contributed by atoms with Crippen LogP contribution in [0.5, 0.6) is 0 Å². The van der Waals surface area contributed by atoms with E-state index < -0.39 is 33.7 Å². The van der Waals surface area contributed by atoms with Crippen molar-refractivity contribution in [1.29, 1.82) is 0 Å². The van der Waals surface area contributed by atoms with Crippen LogP contribution in [0.1, 0.15) is 27.6 Å². The van der Waals surface area contributed by atoms with E-state index in [9.17, 15) is 18.0 Å². The summed E-state index contributed by atoms with van der Waals surface area (Å²) in [6.07, 6.45) is 0.267.